The van der Waals surface area contributed by atoms with E-state index in [-0.39, 0.29) is 6.04 Å². The van der Waals surface area contributed by atoms with E-state index in [1.807, 2.05) is 42.5 Å². The van der Waals surface area contributed by atoms with Crippen LogP contribution in [0.4, 0.5) is 5.95 Å². The van der Waals surface area contributed by atoms with Gasteiger partial charge in [-0.3, -0.25) is 0 Å². The summed E-state index contributed by atoms with van der Waals surface area (Å²) in [6.07, 6.45) is 2.08. The van der Waals surface area contributed by atoms with E-state index >= 15 is 0 Å². The maximum atomic E-state index is 5.57. The average molecular weight is 414 g/mol. The molecule has 7 nitrogen and oxygen atoms in total. The molecule has 0 unspecified atom stereocenters. The summed E-state index contributed by atoms with van der Waals surface area (Å²) < 4.78 is 13.6. The van der Waals surface area contributed by atoms with Crippen LogP contribution in [0.1, 0.15) is 17.2 Å². The van der Waals surface area contributed by atoms with E-state index in [0.29, 0.717) is 11.7 Å². The van der Waals surface area contributed by atoms with Crippen molar-refractivity contribution in [2.75, 3.05) is 19.5 Å². The Morgan fingerprint density at radius 3 is 2.77 bits per heavy atom. The Labute approximate surface area is 158 Å². The molecule has 3 aromatic rings. The largest absolute Gasteiger partial charge is 0.497 e. The standard InChI is InChI=1S/C18H16BrN5O2/c1-25-13-6-7-14(17(9-13)26-2)16-10-15(11-4-3-5-12(19)8-11)20-18-21-22-23-24(16)18/h3-10,16H,1-2H3,(H,20,21,23)/t16-/m0/s1. The zero-order chi connectivity index (χ0) is 18.1. The highest BCUT2D eigenvalue weighted by atomic mass is 79.9. The van der Waals surface area contributed by atoms with Crippen LogP contribution in [0.15, 0.2) is 53.0 Å². The van der Waals surface area contributed by atoms with Crippen LogP contribution in [0.2, 0.25) is 0 Å². The van der Waals surface area contributed by atoms with Crippen LogP contribution in [0.25, 0.3) is 5.70 Å². The second-order valence-electron chi connectivity index (χ2n) is 5.72. The number of rotatable bonds is 4. The predicted molar refractivity (Wildman–Crippen MR) is 101 cm³/mol. The van der Waals surface area contributed by atoms with Gasteiger partial charge >= 0.3 is 0 Å². The monoisotopic (exact) mass is 413 g/mol. The first-order valence-corrected chi connectivity index (χ1v) is 8.73. The molecule has 0 fully saturated rings. The molecular weight excluding hydrogens is 398 g/mol. The summed E-state index contributed by atoms with van der Waals surface area (Å²) in [5, 5.41) is 15.3. The van der Waals surface area contributed by atoms with Crippen LogP contribution in [-0.2, 0) is 0 Å². The fourth-order valence-corrected chi connectivity index (χ4v) is 3.36. The number of hydrogen-bond donors (Lipinski definition) is 1. The minimum absolute atomic E-state index is 0.212. The lowest BCUT2D eigenvalue weighted by Gasteiger charge is -2.25. The van der Waals surface area contributed by atoms with Crippen LogP contribution in [0.3, 0.4) is 0 Å². The van der Waals surface area contributed by atoms with Crippen molar-refractivity contribution >= 4 is 27.6 Å². The Morgan fingerprint density at radius 1 is 1.12 bits per heavy atom. The molecule has 1 aliphatic heterocycles. The molecule has 1 aliphatic rings. The third-order valence-corrected chi connectivity index (χ3v) is 4.72. The smallest absolute Gasteiger partial charge is 0.248 e. The third kappa shape index (κ3) is 2.92. The first-order valence-electron chi connectivity index (χ1n) is 7.94. The van der Waals surface area contributed by atoms with Gasteiger partial charge in [-0.1, -0.05) is 33.2 Å². The molecular formula is C18H16BrN5O2. The summed E-state index contributed by atoms with van der Waals surface area (Å²) in [6.45, 7) is 0. The van der Waals surface area contributed by atoms with Crippen LogP contribution in [-0.4, -0.2) is 34.4 Å². The quantitative estimate of drug-likeness (QED) is 0.705. The van der Waals surface area contributed by atoms with Gasteiger partial charge in [0.05, 0.1) is 14.2 Å². The van der Waals surface area contributed by atoms with Gasteiger partial charge in [-0.2, -0.15) is 4.68 Å². The molecule has 0 spiro atoms. The SMILES string of the molecule is COc1ccc([C@@H]2C=C(c3cccc(Br)c3)Nc3nnnn32)c(OC)c1. The highest BCUT2D eigenvalue weighted by molar-refractivity contribution is 9.10. The molecule has 1 atom stereocenters. The first-order chi connectivity index (χ1) is 12.7. The van der Waals surface area contributed by atoms with Crippen molar-refractivity contribution in [3.63, 3.8) is 0 Å². The molecule has 4 rings (SSSR count). The molecule has 1 N–H and O–H groups in total. The lowest BCUT2D eigenvalue weighted by atomic mass is 10.0. The van der Waals surface area contributed by atoms with Crippen LogP contribution in [0.5, 0.6) is 11.5 Å². The molecule has 8 heteroatoms. The van der Waals surface area contributed by atoms with Gasteiger partial charge in [-0.25, -0.2) is 0 Å². The second kappa shape index (κ2) is 6.80. The first kappa shape index (κ1) is 16.6. The van der Waals surface area contributed by atoms with Crippen LogP contribution in [0, 0.1) is 0 Å². The molecule has 2 heterocycles. The van der Waals surface area contributed by atoms with Crippen molar-refractivity contribution in [1.82, 2.24) is 20.2 Å². The summed E-state index contributed by atoms with van der Waals surface area (Å²) in [6, 6.07) is 13.6. The summed E-state index contributed by atoms with van der Waals surface area (Å²) in [5.41, 5.74) is 2.90. The molecule has 2 aromatic carbocycles. The zero-order valence-electron chi connectivity index (χ0n) is 14.2. The van der Waals surface area contributed by atoms with Gasteiger partial charge < -0.3 is 14.8 Å². The fraction of sp³-hybridized carbons (Fsp3) is 0.167. The molecule has 0 amide bonds. The highest BCUT2D eigenvalue weighted by Crippen LogP contribution is 2.37. The number of anilines is 1. The number of fused-ring (bicyclic) bond motifs is 1. The van der Waals surface area contributed by atoms with Crippen molar-refractivity contribution in [1.29, 1.82) is 0 Å². The summed E-state index contributed by atoms with van der Waals surface area (Å²) in [5.74, 6) is 2.01. The van der Waals surface area contributed by atoms with Crippen molar-refractivity contribution in [3.05, 3.63) is 64.1 Å². The van der Waals surface area contributed by atoms with Gasteiger partial charge in [0, 0.05) is 21.8 Å². The maximum Gasteiger partial charge on any atom is 0.248 e. The lowest BCUT2D eigenvalue weighted by Crippen LogP contribution is -2.20. The Kier molecular flexibility index (Phi) is 4.34. The molecule has 0 bridgehead atoms. The van der Waals surface area contributed by atoms with E-state index in [2.05, 4.69) is 42.8 Å². The lowest BCUT2D eigenvalue weighted by molar-refractivity contribution is 0.387. The van der Waals surface area contributed by atoms with Crippen molar-refractivity contribution < 1.29 is 9.47 Å². The zero-order valence-corrected chi connectivity index (χ0v) is 15.8. The van der Waals surface area contributed by atoms with Gasteiger partial charge in [0.1, 0.15) is 17.5 Å². The van der Waals surface area contributed by atoms with Gasteiger partial charge in [0.15, 0.2) is 0 Å². The summed E-state index contributed by atoms with van der Waals surface area (Å²) in [4.78, 5) is 0. The minimum Gasteiger partial charge on any atom is -0.497 e. The van der Waals surface area contributed by atoms with E-state index in [9.17, 15) is 0 Å². The highest BCUT2D eigenvalue weighted by Gasteiger charge is 2.26. The second-order valence-corrected chi connectivity index (χ2v) is 6.63. The normalized spacial score (nSPS) is 15.7. The molecule has 0 saturated carbocycles. The number of tetrazole rings is 1. The minimum atomic E-state index is -0.212. The van der Waals surface area contributed by atoms with E-state index in [4.69, 9.17) is 9.47 Å². The molecule has 26 heavy (non-hydrogen) atoms. The van der Waals surface area contributed by atoms with E-state index in [1.165, 1.54) is 0 Å². The molecule has 0 radical (unpaired) electrons. The Balaban J connectivity index is 1.84. The van der Waals surface area contributed by atoms with E-state index in [0.717, 1.165) is 27.0 Å². The topological polar surface area (TPSA) is 74.1 Å². The molecule has 132 valence electrons. The van der Waals surface area contributed by atoms with E-state index < -0.39 is 0 Å². The number of nitrogens with zero attached hydrogens (tertiary/aromatic N) is 4. The Morgan fingerprint density at radius 2 is 2.00 bits per heavy atom. The molecule has 0 saturated heterocycles. The van der Waals surface area contributed by atoms with Crippen molar-refractivity contribution in [3.8, 4) is 11.5 Å². The summed E-state index contributed by atoms with van der Waals surface area (Å²) >= 11 is 3.52. The van der Waals surface area contributed by atoms with Gasteiger partial charge in [-0.15, -0.1) is 0 Å². The number of halogens is 1. The molecule has 0 aliphatic carbocycles. The Hall–Kier alpha value is -2.87. The number of ether oxygens (including phenoxy) is 2. The number of methoxy groups -OCH3 is 2. The number of nitrogens with one attached hydrogen (secondary N) is 1. The number of aromatic nitrogens is 4. The Bertz CT molecular complexity index is 985. The predicted octanol–water partition coefficient (Wildman–Crippen LogP) is 3.51. The maximum absolute atomic E-state index is 5.57. The van der Waals surface area contributed by atoms with Gasteiger partial charge in [0.25, 0.3) is 0 Å². The summed E-state index contributed by atoms with van der Waals surface area (Å²) in [7, 11) is 3.27. The van der Waals surface area contributed by atoms with Crippen molar-refractivity contribution in [2.24, 2.45) is 0 Å². The van der Waals surface area contributed by atoms with Crippen LogP contribution >= 0.6 is 15.9 Å². The molecule has 1 aromatic heterocycles. The number of benzene rings is 2. The van der Waals surface area contributed by atoms with Gasteiger partial charge in [-0.05, 0) is 46.3 Å². The van der Waals surface area contributed by atoms with E-state index in [1.54, 1.807) is 18.9 Å². The average Bonchev–Trinajstić information content (AvgIpc) is 3.15. The third-order valence-electron chi connectivity index (χ3n) is 4.22. The number of hydrogen-bond acceptors (Lipinski definition) is 6. The fourth-order valence-electron chi connectivity index (χ4n) is 2.96. The number of allylic oxidation sites excluding steroid dienone is 1. The van der Waals surface area contributed by atoms with Gasteiger partial charge in [0.2, 0.25) is 5.95 Å². The van der Waals surface area contributed by atoms with Crippen molar-refractivity contribution in [2.45, 2.75) is 6.04 Å². The van der Waals surface area contributed by atoms with Crippen LogP contribution < -0.4 is 14.8 Å².